The van der Waals surface area contributed by atoms with Gasteiger partial charge in [0, 0.05) is 0 Å². The van der Waals surface area contributed by atoms with Crippen molar-refractivity contribution in [2.45, 2.75) is 20.4 Å². The van der Waals surface area contributed by atoms with Crippen LogP contribution < -0.4 is 5.32 Å². The molecule has 84 valence electrons. The third-order valence-electron chi connectivity index (χ3n) is 2.44. The Hall–Kier alpha value is -1.77. The molecular weight excluding hydrogens is 205 g/mol. The number of aryl methyl sites for hydroxylation is 2. The second-order valence-electron chi connectivity index (χ2n) is 3.80. The summed E-state index contributed by atoms with van der Waals surface area (Å²) in [6.07, 6.45) is 0. The number of furan rings is 1. The molecule has 2 rings (SSSR count). The smallest absolute Gasteiger partial charge is 0.149 e. The van der Waals surface area contributed by atoms with Crippen molar-refractivity contribution >= 4 is 5.69 Å². The molecular formula is C13H14FNO. The molecule has 0 bridgehead atoms. The van der Waals surface area contributed by atoms with Gasteiger partial charge in [0.25, 0.3) is 0 Å². The van der Waals surface area contributed by atoms with E-state index < -0.39 is 0 Å². The zero-order valence-electron chi connectivity index (χ0n) is 9.38. The Morgan fingerprint density at radius 2 is 2.00 bits per heavy atom. The highest BCUT2D eigenvalue weighted by atomic mass is 19.1. The van der Waals surface area contributed by atoms with Gasteiger partial charge in [-0.25, -0.2) is 4.39 Å². The first kappa shape index (κ1) is 10.7. The van der Waals surface area contributed by atoms with Crippen LogP contribution in [0.2, 0.25) is 0 Å². The molecule has 2 nitrogen and oxygen atoms in total. The van der Waals surface area contributed by atoms with Gasteiger partial charge in [-0.05, 0) is 37.6 Å². The Kier molecular flexibility index (Phi) is 2.95. The van der Waals surface area contributed by atoms with E-state index in [0.717, 1.165) is 11.5 Å². The summed E-state index contributed by atoms with van der Waals surface area (Å²) in [5, 5.41) is 3.01. The standard InChI is InChI=1S/C13H14FNO/c1-9-4-3-5-12(13(9)14)15-8-11-7-6-10(2)16-11/h3-7,15H,8H2,1-2H3. The third-order valence-corrected chi connectivity index (χ3v) is 2.44. The maximum absolute atomic E-state index is 13.6. The van der Waals surface area contributed by atoms with Crippen molar-refractivity contribution in [3.63, 3.8) is 0 Å². The average Bonchev–Trinajstić information content (AvgIpc) is 2.67. The molecule has 0 aliphatic heterocycles. The number of benzene rings is 1. The molecule has 0 radical (unpaired) electrons. The minimum absolute atomic E-state index is 0.203. The van der Waals surface area contributed by atoms with Crippen molar-refractivity contribution in [3.8, 4) is 0 Å². The molecule has 16 heavy (non-hydrogen) atoms. The van der Waals surface area contributed by atoms with Crippen LogP contribution in [0.15, 0.2) is 34.7 Å². The molecule has 0 fully saturated rings. The molecule has 2 aromatic rings. The Balaban J connectivity index is 2.07. The maximum atomic E-state index is 13.6. The van der Waals surface area contributed by atoms with Crippen molar-refractivity contribution < 1.29 is 8.81 Å². The fourth-order valence-corrected chi connectivity index (χ4v) is 1.55. The van der Waals surface area contributed by atoms with Gasteiger partial charge >= 0.3 is 0 Å². The molecule has 1 heterocycles. The minimum atomic E-state index is -0.203. The van der Waals surface area contributed by atoms with Crippen LogP contribution in [0.3, 0.4) is 0 Å². The topological polar surface area (TPSA) is 25.2 Å². The van der Waals surface area contributed by atoms with Crippen molar-refractivity contribution in [1.82, 2.24) is 0 Å². The Labute approximate surface area is 94.1 Å². The first-order chi connectivity index (χ1) is 7.66. The van der Waals surface area contributed by atoms with Gasteiger partial charge in [-0.1, -0.05) is 12.1 Å². The number of hydrogen-bond acceptors (Lipinski definition) is 2. The summed E-state index contributed by atoms with van der Waals surface area (Å²) in [5.41, 5.74) is 1.15. The van der Waals surface area contributed by atoms with E-state index in [9.17, 15) is 4.39 Å². The van der Waals surface area contributed by atoms with E-state index in [2.05, 4.69) is 5.32 Å². The lowest BCUT2D eigenvalue weighted by Crippen LogP contribution is -2.01. The Morgan fingerprint density at radius 1 is 1.19 bits per heavy atom. The first-order valence-electron chi connectivity index (χ1n) is 5.21. The monoisotopic (exact) mass is 219 g/mol. The van der Waals surface area contributed by atoms with Crippen molar-refractivity contribution in [2.75, 3.05) is 5.32 Å². The summed E-state index contributed by atoms with van der Waals surface area (Å²) in [4.78, 5) is 0. The maximum Gasteiger partial charge on any atom is 0.149 e. The van der Waals surface area contributed by atoms with E-state index in [-0.39, 0.29) is 5.82 Å². The molecule has 0 spiro atoms. The van der Waals surface area contributed by atoms with E-state index in [4.69, 9.17) is 4.42 Å². The van der Waals surface area contributed by atoms with Crippen molar-refractivity contribution in [1.29, 1.82) is 0 Å². The summed E-state index contributed by atoms with van der Waals surface area (Å²) in [6, 6.07) is 9.07. The van der Waals surface area contributed by atoms with Crippen LogP contribution in [0, 0.1) is 19.7 Å². The molecule has 1 N–H and O–H groups in total. The van der Waals surface area contributed by atoms with Crippen LogP contribution in [-0.4, -0.2) is 0 Å². The third kappa shape index (κ3) is 2.24. The highest BCUT2D eigenvalue weighted by Crippen LogP contribution is 2.18. The van der Waals surface area contributed by atoms with Crippen molar-refractivity contribution in [2.24, 2.45) is 0 Å². The Bertz CT molecular complexity index is 490. The molecule has 3 heteroatoms. The predicted molar refractivity (Wildman–Crippen MR) is 61.9 cm³/mol. The van der Waals surface area contributed by atoms with Gasteiger partial charge in [-0.15, -0.1) is 0 Å². The predicted octanol–water partition coefficient (Wildman–Crippen LogP) is 3.65. The molecule has 0 amide bonds. The molecule has 1 aromatic heterocycles. The number of anilines is 1. The van der Waals surface area contributed by atoms with Crippen LogP contribution in [0.25, 0.3) is 0 Å². The second-order valence-corrected chi connectivity index (χ2v) is 3.80. The molecule has 0 aliphatic carbocycles. The molecule has 0 atom stereocenters. The zero-order valence-corrected chi connectivity index (χ0v) is 9.38. The lowest BCUT2D eigenvalue weighted by molar-refractivity contribution is 0.490. The summed E-state index contributed by atoms with van der Waals surface area (Å²) >= 11 is 0. The number of halogens is 1. The molecule has 1 aromatic carbocycles. The Morgan fingerprint density at radius 3 is 2.69 bits per heavy atom. The van der Waals surface area contributed by atoms with Gasteiger partial charge in [0.15, 0.2) is 0 Å². The summed E-state index contributed by atoms with van der Waals surface area (Å²) in [6.45, 7) is 4.13. The molecule has 0 saturated heterocycles. The van der Waals surface area contributed by atoms with Gasteiger partial charge in [0.2, 0.25) is 0 Å². The summed E-state index contributed by atoms with van der Waals surface area (Å²) in [7, 11) is 0. The largest absolute Gasteiger partial charge is 0.465 e. The first-order valence-corrected chi connectivity index (χ1v) is 5.21. The van der Waals surface area contributed by atoms with E-state index in [0.29, 0.717) is 17.8 Å². The van der Waals surface area contributed by atoms with Crippen molar-refractivity contribution in [3.05, 3.63) is 53.2 Å². The van der Waals surface area contributed by atoms with Gasteiger partial charge in [-0.2, -0.15) is 0 Å². The fraction of sp³-hybridized carbons (Fsp3) is 0.231. The molecule has 0 saturated carbocycles. The normalized spacial score (nSPS) is 10.4. The lowest BCUT2D eigenvalue weighted by Gasteiger charge is -2.07. The zero-order chi connectivity index (χ0) is 11.5. The second kappa shape index (κ2) is 4.39. The number of hydrogen-bond donors (Lipinski definition) is 1. The van der Waals surface area contributed by atoms with E-state index >= 15 is 0 Å². The lowest BCUT2D eigenvalue weighted by atomic mass is 10.2. The highest BCUT2D eigenvalue weighted by Gasteiger charge is 2.05. The van der Waals surface area contributed by atoms with Crippen LogP contribution >= 0.6 is 0 Å². The van der Waals surface area contributed by atoms with Crippen LogP contribution in [-0.2, 0) is 6.54 Å². The quantitative estimate of drug-likeness (QED) is 0.852. The van der Waals surface area contributed by atoms with Gasteiger partial charge in [0.1, 0.15) is 17.3 Å². The van der Waals surface area contributed by atoms with Gasteiger partial charge in [0.05, 0.1) is 12.2 Å². The van der Waals surface area contributed by atoms with Gasteiger partial charge < -0.3 is 9.73 Å². The van der Waals surface area contributed by atoms with E-state index in [1.807, 2.05) is 25.1 Å². The van der Waals surface area contributed by atoms with E-state index in [1.54, 1.807) is 19.1 Å². The highest BCUT2D eigenvalue weighted by molar-refractivity contribution is 5.47. The molecule has 0 unspecified atom stereocenters. The number of rotatable bonds is 3. The van der Waals surface area contributed by atoms with Crippen LogP contribution in [0.4, 0.5) is 10.1 Å². The average molecular weight is 219 g/mol. The molecule has 0 aliphatic rings. The van der Waals surface area contributed by atoms with Crippen LogP contribution in [0.5, 0.6) is 0 Å². The van der Waals surface area contributed by atoms with Gasteiger partial charge in [-0.3, -0.25) is 0 Å². The van der Waals surface area contributed by atoms with E-state index in [1.165, 1.54) is 0 Å². The fourth-order valence-electron chi connectivity index (χ4n) is 1.55. The summed E-state index contributed by atoms with van der Waals surface area (Å²) < 4.78 is 19.0. The summed E-state index contributed by atoms with van der Waals surface area (Å²) in [5.74, 6) is 1.46. The SMILES string of the molecule is Cc1ccc(CNc2cccc(C)c2F)o1. The minimum Gasteiger partial charge on any atom is -0.465 e. The number of nitrogens with one attached hydrogen (secondary N) is 1. The van der Waals surface area contributed by atoms with Crippen LogP contribution in [0.1, 0.15) is 17.1 Å².